The third-order valence-corrected chi connectivity index (χ3v) is 3.64. The van der Waals surface area contributed by atoms with Crippen LogP contribution in [0.3, 0.4) is 0 Å². The van der Waals surface area contributed by atoms with Crippen molar-refractivity contribution in [1.29, 1.82) is 0 Å². The molecule has 2 rings (SSSR count). The van der Waals surface area contributed by atoms with Crippen molar-refractivity contribution in [3.05, 3.63) is 29.8 Å². The van der Waals surface area contributed by atoms with Crippen LogP contribution in [-0.2, 0) is 9.53 Å². The molecule has 0 bridgehead atoms. The molecule has 1 unspecified atom stereocenters. The lowest BCUT2D eigenvalue weighted by molar-refractivity contribution is -0.143. The number of carbonyl (C=O) groups excluding carboxylic acids is 1. The van der Waals surface area contributed by atoms with Crippen LogP contribution in [-0.4, -0.2) is 36.5 Å². The van der Waals surface area contributed by atoms with E-state index >= 15 is 0 Å². The van der Waals surface area contributed by atoms with Crippen LogP contribution in [0.2, 0.25) is 0 Å². The van der Waals surface area contributed by atoms with Crippen LogP contribution in [0.5, 0.6) is 5.75 Å². The van der Waals surface area contributed by atoms with Gasteiger partial charge in [0.05, 0.1) is 18.8 Å². The van der Waals surface area contributed by atoms with Crippen LogP contribution in [0.4, 0.5) is 0 Å². The molecular formula is C13H15NO3S. The number of nitrogens with zero attached hydrogens (tertiary/aromatic N) is 1. The minimum atomic E-state index is -0.368. The van der Waals surface area contributed by atoms with Crippen LogP contribution >= 0.6 is 11.8 Å². The van der Waals surface area contributed by atoms with Crippen LogP contribution in [0.15, 0.2) is 29.3 Å². The van der Waals surface area contributed by atoms with Gasteiger partial charge in [0.25, 0.3) is 0 Å². The molecule has 1 aliphatic rings. The number of rotatable bonds is 4. The summed E-state index contributed by atoms with van der Waals surface area (Å²) < 4.78 is 10.1. The maximum absolute atomic E-state index is 11.6. The van der Waals surface area contributed by atoms with Gasteiger partial charge in [0, 0.05) is 11.3 Å². The molecule has 1 atom stereocenters. The number of benzene rings is 1. The van der Waals surface area contributed by atoms with Gasteiger partial charge in [-0.15, -0.1) is 11.8 Å². The zero-order chi connectivity index (χ0) is 13.0. The Morgan fingerprint density at radius 3 is 2.78 bits per heavy atom. The molecule has 1 aromatic carbocycles. The van der Waals surface area contributed by atoms with E-state index in [1.807, 2.05) is 24.3 Å². The minimum absolute atomic E-state index is 0.242. The van der Waals surface area contributed by atoms with Crippen molar-refractivity contribution in [2.75, 3.05) is 19.5 Å². The predicted octanol–water partition coefficient (Wildman–Crippen LogP) is 2.12. The van der Waals surface area contributed by atoms with Crippen LogP contribution in [0.25, 0.3) is 0 Å². The molecule has 5 heteroatoms. The average Bonchev–Trinajstić information content (AvgIpc) is 2.89. The second kappa shape index (κ2) is 5.91. The lowest BCUT2D eigenvalue weighted by Crippen LogP contribution is -2.21. The lowest BCUT2D eigenvalue weighted by Gasteiger charge is -2.04. The molecule has 0 radical (unpaired) electrons. The van der Waals surface area contributed by atoms with Crippen molar-refractivity contribution in [3.8, 4) is 5.75 Å². The van der Waals surface area contributed by atoms with Gasteiger partial charge >= 0.3 is 5.97 Å². The van der Waals surface area contributed by atoms with Crippen LogP contribution < -0.4 is 4.74 Å². The largest absolute Gasteiger partial charge is 0.497 e. The highest BCUT2D eigenvalue weighted by atomic mass is 32.2. The van der Waals surface area contributed by atoms with Gasteiger partial charge in [-0.1, -0.05) is 0 Å². The molecule has 0 saturated carbocycles. The van der Waals surface area contributed by atoms with Crippen molar-refractivity contribution >= 4 is 22.8 Å². The molecule has 4 nitrogen and oxygen atoms in total. The standard InChI is InChI=1S/C13H15NO3S/c1-3-17-13(15)11-8-18-12(14-11)9-4-6-10(16-2)7-5-9/h4-7,11H,3,8H2,1-2H3. The third-order valence-electron chi connectivity index (χ3n) is 2.55. The van der Waals surface area contributed by atoms with E-state index in [0.29, 0.717) is 12.4 Å². The highest BCUT2D eigenvalue weighted by Crippen LogP contribution is 2.25. The SMILES string of the molecule is CCOC(=O)C1CSC(c2ccc(OC)cc2)=N1. The molecule has 0 fully saturated rings. The quantitative estimate of drug-likeness (QED) is 0.782. The normalized spacial score (nSPS) is 18.3. The van der Waals surface area contributed by atoms with E-state index in [4.69, 9.17) is 9.47 Å². The van der Waals surface area contributed by atoms with Crippen molar-refractivity contribution in [1.82, 2.24) is 0 Å². The van der Waals surface area contributed by atoms with E-state index in [-0.39, 0.29) is 12.0 Å². The molecular weight excluding hydrogens is 250 g/mol. The molecule has 96 valence electrons. The zero-order valence-corrected chi connectivity index (χ0v) is 11.2. The van der Waals surface area contributed by atoms with Gasteiger partial charge in [-0.05, 0) is 31.2 Å². The van der Waals surface area contributed by atoms with E-state index in [0.717, 1.165) is 16.4 Å². The first-order chi connectivity index (χ1) is 8.74. The minimum Gasteiger partial charge on any atom is -0.497 e. The molecule has 0 N–H and O–H groups in total. The van der Waals surface area contributed by atoms with E-state index in [1.54, 1.807) is 25.8 Å². The van der Waals surface area contributed by atoms with Crippen LogP contribution in [0, 0.1) is 0 Å². The molecule has 0 aromatic heterocycles. The molecule has 1 heterocycles. The Bertz CT molecular complexity index is 456. The lowest BCUT2D eigenvalue weighted by atomic mass is 10.2. The Balaban J connectivity index is 2.09. The van der Waals surface area contributed by atoms with Crippen molar-refractivity contribution < 1.29 is 14.3 Å². The van der Waals surface area contributed by atoms with Crippen LogP contribution in [0.1, 0.15) is 12.5 Å². The van der Waals surface area contributed by atoms with E-state index in [2.05, 4.69) is 4.99 Å². The van der Waals surface area contributed by atoms with Crippen molar-refractivity contribution in [3.63, 3.8) is 0 Å². The Kier molecular flexibility index (Phi) is 4.25. The molecule has 0 aliphatic carbocycles. The second-order valence-corrected chi connectivity index (χ2v) is 4.75. The van der Waals surface area contributed by atoms with Gasteiger partial charge in [0.15, 0.2) is 6.04 Å². The molecule has 0 spiro atoms. The number of carbonyl (C=O) groups is 1. The summed E-state index contributed by atoms with van der Waals surface area (Å²) >= 11 is 1.58. The summed E-state index contributed by atoms with van der Waals surface area (Å²) in [6.07, 6.45) is 0. The van der Waals surface area contributed by atoms with Gasteiger partial charge in [-0.3, -0.25) is 4.99 Å². The highest BCUT2D eigenvalue weighted by Gasteiger charge is 2.26. The average molecular weight is 265 g/mol. The third kappa shape index (κ3) is 2.85. The summed E-state index contributed by atoms with van der Waals surface area (Å²) in [4.78, 5) is 16.0. The Labute approximate surface area is 110 Å². The van der Waals surface area contributed by atoms with Gasteiger partial charge < -0.3 is 9.47 Å². The molecule has 0 amide bonds. The fraction of sp³-hybridized carbons (Fsp3) is 0.385. The Morgan fingerprint density at radius 2 is 2.17 bits per heavy atom. The van der Waals surface area contributed by atoms with Gasteiger partial charge in [-0.2, -0.15) is 0 Å². The first-order valence-electron chi connectivity index (χ1n) is 5.76. The monoisotopic (exact) mass is 265 g/mol. The summed E-state index contributed by atoms with van der Waals surface area (Å²) in [6.45, 7) is 2.20. The molecule has 0 saturated heterocycles. The Hall–Kier alpha value is -1.49. The van der Waals surface area contributed by atoms with Crippen molar-refractivity contribution in [2.45, 2.75) is 13.0 Å². The van der Waals surface area contributed by atoms with E-state index in [1.165, 1.54) is 0 Å². The fourth-order valence-corrected chi connectivity index (χ4v) is 2.66. The second-order valence-electron chi connectivity index (χ2n) is 3.74. The van der Waals surface area contributed by atoms with Gasteiger partial charge in [-0.25, -0.2) is 4.79 Å². The number of hydrogen-bond donors (Lipinski definition) is 0. The maximum Gasteiger partial charge on any atom is 0.331 e. The number of methoxy groups -OCH3 is 1. The summed E-state index contributed by atoms with van der Waals surface area (Å²) in [5.41, 5.74) is 1.01. The van der Waals surface area contributed by atoms with E-state index < -0.39 is 0 Å². The zero-order valence-electron chi connectivity index (χ0n) is 10.4. The number of thioether (sulfide) groups is 1. The maximum atomic E-state index is 11.6. The van der Waals surface area contributed by atoms with Gasteiger partial charge in [0.1, 0.15) is 5.75 Å². The molecule has 1 aliphatic heterocycles. The highest BCUT2D eigenvalue weighted by molar-refractivity contribution is 8.14. The molecule has 1 aromatic rings. The van der Waals surface area contributed by atoms with E-state index in [9.17, 15) is 4.79 Å². The first kappa shape index (κ1) is 13.0. The predicted molar refractivity (Wildman–Crippen MR) is 72.4 cm³/mol. The Morgan fingerprint density at radius 1 is 1.44 bits per heavy atom. The smallest absolute Gasteiger partial charge is 0.331 e. The van der Waals surface area contributed by atoms with Crippen molar-refractivity contribution in [2.24, 2.45) is 4.99 Å². The summed E-state index contributed by atoms with van der Waals surface area (Å²) in [5, 5.41) is 0.885. The number of ether oxygens (including phenoxy) is 2. The topological polar surface area (TPSA) is 47.9 Å². The summed E-state index contributed by atoms with van der Waals surface area (Å²) in [7, 11) is 1.63. The fourth-order valence-electron chi connectivity index (χ4n) is 1.62. The number of hydrogen-bond acceptors (Lipinski definition) is 5. The summed E-state index contributed by atoms with van der Waals surface area (Å²) in [6, 6.07) is 7.29. The summed E-state index contributed by atoms with van der Waals surface area (Å²) in [5.74, 6) is 1.22. The van der Waals surface area contributed by atoms with Gasteiger partial charge in [0.2, 0.25) is 0 Å². The molecule has 18 heavy (non-hydrogen) atoms. The first-order valence-corrected chi connectivity index (χ1v) is 6.74. The number of esters is 1. The number of aliphatic imine (C=N–C) groups is 1.